The van der Waals surface area contributed by atoms with Crippen LogP contribution in [0.25, 0.3) is 0 Å². The average Bonchev–Trinajstić information content (AvgIpc) is 2.16. The second-order valence-electron chi connectivity index (χ2n) is 4.01. The van der Waals surface area contributed by atoms with Gasteiger partial charge in [-0.1, -0.05) is 32.9 Å². The van der Waals surface area contributed by atoms with E-state index in [-0.39, 0.29) is 11.7 Å². The van der Waals surface area contributed by atoms with Gasteiger partial charge in [0.15, 0.2) is 19.5 Å². The molecule has 0 rings (SSSR count). The van der Waals surface area contributed by atoms with Crippen molar-refractivity contribution in [2.75, 3.05) is 0 Å². The van der Waals surface area contributed by atoms with Crippen molar-refractivity contribution in [1.82, 2.24) is 0 Å². The maximum absolute atomic E-state index is 10.3. The highest BCUT2D eigenvalue weighted by Gasteiger charge is 2.29. The van der Waals surface area contributed by atoms with Gasteiger partial charge in [-0.25, -0.2) is 4.79 Å². The number of aliphatic carboxylic acids is 1. The largest absolute Gasteiger partial charge is 0.472 e. The van der Waals surface area contributed by atoms with Crippen molar-refractivity contribution in [1.29, 1.82) is 0 Å². The second-order valence-corrected chi connectivity index (χ2v) is 5.84. The van der Waals surface area contributed by atoms with Crippen LogP contribution >= 0.6 is 0 Å². The summed E-state index contributed by atoms with van der Waals surface area (Å²) in [5.74, 6) is 3.67. The molecule has 0 aliphatic heterocycles. The van der Waals surface area contributed by atoms with Crippen LogP contribution in [0.5, 0.6) is 0 Å². The van der Waals surface area contributed by atoms with Crippen LogP contribution in [0.15, 0.2) is 0 Å². The first kappa shape index (κ1) is 15.4. The van der Waals surface area contributed by atoms with E-state index in [2.05, 4.69) is 11.8 Å². The van der Waals surface area contributed by atoms with Crippen molar-refractivity contribution in [2.24, 2.45) is 5.41 Å². The highest BCUT2D eigenvalue weighted by Crippen LogP contribution is 2.27. The lowest BCUT2D eigenvalue weighted by Crippen LogP contribution is -2.35. The number of hydrogen-bond acceptors (Lipinski definition) is 3. The Bertz CT molecular complexity index is 274. The van der Waals surface area contributed by atoms with Gasteiger partial charge in [0.05, 0.1) is 0 Å². The molecule has 0 heterocycles. The predicted molar refractivity (Wildman–Crippen MR) is 68.6 cm³/mol. The molecular weight excluding hydrogens is 240 g/mol. The van der Waals surface area contributed by atoms with Crippen LogP contribution in [-0.4, -0.2) is 36.9 Å². The van der Waals surface area contributed by atoms with E-state index in [1.165, 1.54) is 0 Å². The minimum Gasteiger partial charge on any atom is -0.472 e. The fraction of sp³-hybridized carbons (Fsp3) is 0.700. The van der Waals surface area contributed by atoms with Gasteiger partial charge in [-0.05, 0) is 0 Å². The third-order valence-corrected chi connectivity index (χ3v) is 3.29. The molecule has 0 amide bonds. The molecule has 0 aliphatic carbocycles. The van der Waals surface area contributed by atoms with Crippen LogP contribution < -0.4 is 0 Å². The summed E-state index contributed by atoms with van der Waals surface area (Å²) < 4.78 is 11.3. The van der Waals surface area contributed by atoms with Gasteiger partial charge in [0, 0.05) is 17.8 Å². The summed E-state index contributed by atoms with van der Waals surface area (Å²) in [6, 6.07) is 0. The number of carboxylic acid groups (broad SMARTS) is 1. The molecule has 0 aromatic heterocycles. The Kier molecular flexibility index (Phi) is 7.33. The van der Waals surface area contributed by atoms with Crippen LogP contribution in [0.1, 0.15) is 20.3 Å². The number of rotatable bonds is 6. The predicted octanol–water partition coefficient (Wildman–Crippen LogP) is 0.114. The first-order chi connectivity index (χ1) is 7.44. The molecule has 0 aromatic carbocycles. The maximum Gasteiger partial charge on any atom is 0.381 e. The molecule has 0 saturated carbocycles. The van der Waals surface area contributed by atoms with Gasteiger partial charge in [0.25, 0.3) is 0 Å². The molecule has 6 heteroatoms. The van der Waals surface area contributed by atoms with Gasteiger partial charge in [-0.2, -0.15) is 0 Å². The first-order valence-corrected chi connectivity index (χ1v) is 9.37. The summed E-state index contributed by atoms with van der Waals surface area (Å²) in [4.78, 5) is 10.3. The molecule has 0 atom stereocenters. The van der Waals surface area contributed by atoms with Gasteiger partial charge in [0.2, 0.25) is 0 Å². The van der Waals surface area contributed by atoms with E-state index in [1.54, 1.807) is 0 Å². The Morgan fingerprint density at radius 2 is 1.88 bits per heavy atom. The van der Waals surface area contributed by atoms with E-state index < -0.39 is 25.5 Å². The SMILES string of the molecule is C[SiH2]OC(O[SiH2]C)C(C)(C)CC#CC(=O)O. The standard InChI is InChI=1S/C10H20O4Si2/c1-10(2,7-5-6-8(11)12)9(13-15-3)14-16-4/h9H,7,15-16H2,1-4H3,(H,11,12). The molecule has 0 aliphatic rings. The third-order valence-electron chi connectivity index (χ3n) is 2.01. The summed E-state index contributed by atoms with van der Waals surface area (Å²) in [5, 5.41) is 8.43. The highest BCUT2D eigenvalue weighted by atomic mass is 28.2. The smallest absolute Gasteiger partial charge is 0.381 e. The zero-order valence-corrected chi connectivity index (χ0v) is 13.2. The van der Waals surface area contributed by atoms with Gasteiger partial charge >= 0.3 is 5.97 Å². The Balaban J connectivity index is 4.46. The molecule has 16 heavy (non-hydrogen) atoms. The van der Waals surface area contributed by atoms with Crippen molar-refractivity contribution in [2.45, 2.75) is 39.7 Å². The van der Waals surface area contributed by atoms with Gasteiger partial charge in [-0.15, -0.1) is 0 Å². The van der Waals surface area contributed by atoms with E-state index in [0.29, 0.717) is 6.42 Å². The maximum atomic E-state index is 10.3. The normalized spacial score (nSPS) is 14.2. The second kappa shape index (κ2) is 7.62. The van der Waals surface area contributed by atoms with Crippen molar-refractivity contribution >= 4 is 25.5 Å². The fourth-order valence-electron chi connectivity index (χ4n) is 1.23. The Labute approximate surface area is 102 Å². The molecule has 4 nitrogen and oxygen atoms in total. The van der Waals surface area contributed by atoms with Crippen LogP contribution in [0.2, 0.25) is 13.1 Å². The van der Waals surface area contributed by atoms with Gasteiger partial charge in [0.1, 0.15) is 6.29 Å². The quantitative estimate of drug-likeness (QED) is 0.418. The van der Waals surface area contributed by atoms with E-state index in [9.17, 15) is 4.79 Å². The van der Waals surface area contributed by atoms with Crippen molar-refractivity contribution in [3.63, 3.8) is 0 Å². The minimum absolute atomic E-state index is 0.232. The summed E-state index contributed by atoms with van der Waals surface area (Å²) in [5.41, 5.74) is -0.255. The molecule has 0 unspecified atom stereocenters. The van der Waals surface area contributed by atoms with Crippen LogP contribution in [0.4, 0.5) is 0 Å². The zero-order valence-electron chi connectivity index (χ0n) is 10.4. The van der Waals surface area contributed by atoms with Gasteiger partial charge in [-0.3, -0.25) is 0 Å². The number of carboxylic acids is 1. The number of carbonyl (C=O) groups is 1. The topological polar surface area (TPSA) is 55.8 Å². The van der Waals surface area contributed by atoms with Gasteiger partial charge < -0.3 is 14.0 Å². The van der Waals surface area contributed by atoms with E-state index in [4.69, 9.17) is 14.0 Å². The average molecular weight is 260 g/mol. The lowest BCUT2D eigenvalue weighted by atomic mass is 9.89. The highest BCUT2D eigenvalue weighted by molar-refractivity contribution is 6.26. The van der Waals surface area contributed by atoms with E-state index >= 15 is 0 Å². The van der Waals surface area contributed by atoms with Crippen LogP contribution in [0, 0.1) is 17.3 Å². The molecule has 0 radical (unpaired) electrons. The Morgan fingerprint density at radius 1 is 1.38 bits per heavy atom. The summed E-state index contributed by atoms with van der Waals surface area (Å²) >= 11 is 0. The van der Waals surface area contributed by atoms with E-state index in [0.717, 1.165) is 0 Å². The van der Waals surface area contributed by atoms with Crippen LogP contribution in [0.3, 0.4) is 0 Å². The Hall–Kier alpha value is -0.616. The third kappa shape index (κ3) is 6.07. The minimum atomic E-state index is -1.09. The summed E-state index contributed by atoms with van der Waals surface area (Å²) in [7, 11) is -1.08. The van der Waals surface area contributed by atoms with Crippen molar-refractivity contribution < 1.29 is 18.8 Å². The monoisotopic (exact) mass is 260 g/mol. The molecular formula is C10H20O4Si2. The summed E-state index contributed by atoms with van der Waals surface area (Å²) in [6.07, 6.45) is 0.233. The van der Waals surface area contributed by atoms with E-state index in [1.807, 2.05) is 26.9 Å². The lowest BCUT2D eigenvalue weighted by molar-refractivity contribution is -0.130. The summed E-state index contributed by atoms with van der Waals surface area (Å²) in [6.45, 7) is 8.07. The molecule has 0 aromatic rings. The molecule has 0 fully saturated rings. The zero-order chi connectivity index (χ0) is 12.6. The Morgan fingerprint density at radius 3 is 2.25 bits per heavy atom. The molecule has 0 saturated heterocycles. The van der Waals surface area contributed by atoms with Crippen LogP contribution in [-0.2, 0) is 13.6 Å². The van der Waals surface area contributed by atoms with Crippen molar-refractivity contribution in [3.05, 3.63) is 0 Å². The fourth-order valence-corrected chi connectivity index (χ4v) is 3.13. The molecule has 92 valence electrons. The molecule has 1 N–H and O–H groups in total. The molecule has 0 spiro atoms. The molecule has 0 bridgehead atoms. The van der Waals surface area contributed by atoms with Crippen molar-refractivity contribution in [3.8, 4) is 11.8 Å². The first-order valence-electron chi connectivity index (χ1n) is 5.39. The number of hydrogen-bond donors (Lipinski definition) is 1. The lowest BCUT2D eigenvalue weighted by Gasteiger charge is -2.32.